The van der Waals surface area contributed by atoms with E-state index in [1.54, 1.807) is 14.2 Å². The van der Waals surface area contributed by atoms with Crippen LogP contribution in [0.1, 0.15) is 45.6 Å². The summed E-state index contributed by atoms with van der Waals surface area (Å²) in [4.78, 5) is 0. The molecule has 0 radical (unpaired) electrons. The second-order valence-electron chi connectivity index (χ2n) is 5.57. The molecule has 0 heterocycles. The van der Waals surface area contributed by atoms with Crippen molar-refractivity contribution in [1.29, 1.82) is 0 Å². The molecule has 1 aromatic carbocycles. The third-order valence-electron chi connectivity index (χ3n) is 4.20. The summed E-state index contributed by atoms with van der Waals surface area (Å²) >= 11 is 0. The molecule has 21 heavy (non-hydrogen) atoms. The first-order valence-electron chi connectivity index (χ1n) is 8.12. The first-order chi connectivity index (χ1) is 10.2. The number of hydrogen-bond donors (Lipinski definition) is 1. The normalized spacial score (nSPS) is 12.5. The van der Waals surface area contributed by atoms with Gasteiger partial charge < -0.3 is 14.8 Å². The summed E-state index contributed by atoms with van der Waals surface area (Å²) in [6.07, 6.45) is 4.77. The second kappa shape index (κ2) is 9.67. The highest BCUT2D eigenvalue weighted by Gasteiger charge is 2.15. The van der Waals surface area contributed by atoms with Crippen molar-refractivity contribution in [3.63, 3.8) is 0 Å². The lowest BCUT2D eigenvalue weighted by molar-refractivity contribution is 0.352. The lowest BCUT2D eigenvalue weighted by Gasteiger charge is -2.23. The van der Waals surface area contributed by atoms with E-state index >= 15 is 0 Å². The standard InChI is InChI=1S/C18H31NO2/c1-6-14(7-2)11-16(19-8-3)12-15-9-10-17(20-4)18(13-15)21-5/h9-10,13-14,16,19H,6-8,11-12H2,1-5H3. The molecule has 0 aromatic heterocycles. The summed E-state index contributed by atoms with van der Waals surface area (Å²) in [6.45, 7) is 7.76. The van der Waals surface area contributed by atoms with Crippen molar-refractivity contribution in [2.24, 2.45) is 5.92 Å². The third-order valence-corrected chi connectivity index (χ3v) is 4.20. The van der Waals surface area contributed by atoms with Crippen LogP contribution in [-0.2, 0) is 6.42 Å². The third kappa shape index (κ3) is 5.58. The van der Waals surface area contributed by atoms with Crippen LogP contribution in [-0.4, -0.2) is 26.8 Å². The first kappa shape index (κ1) is 17.8. The van der Waals surface area contributed by atoms with E-state index < -0.39 is 0 Å². The van der Waals surface area contributed by atoms with Gasteiger partial charge in [-0.15, -0.1) is 0 Å². The van der Waals surface area contributed by atoms with Gasteiger partial charge in [0.2, 0.25) is 0 Å². The largest absolute Gasteiger partial charge is 0.493 e. The number of likely N-dealkylation sites (N-methyl/N-ethyl adjacent to an activating group) is 1. The molecular formula is C18H31NO2. The van der Waals surface area contributed by atoms with Crippen LogP contribution in [0, 0.1) is 5.92 Å². The van der Waals surface area contributed by atoms with Crippen LogP contribution in [0.4, 0.5) is 0 Å². The Kier molecular flexibility index (Phi) is 8.21. The van der Waals surface area contributed by atoms with Crippen LogP contribution in [0.5, 0.6) is 11.5 Å². The highest BCUT2D eigenvalue weighted by molar-refractivity contribution is 5.43. The molecule has 0 bridgehead atoms. The van der Waals surface area contributed by atoms with Crippen molar-refractivity contribution >= 4 is 0 Å². The Balaban J connectivity index is 2.78. The number of nitrogens with one attached hydrogen (secondary N) is 1. The van der Waals surface area contributed by atoms with Crippen molar-refractivity contribution in [2.45, 2.75) is 52.5 Å². The summed E-state index contributed by atoms with van der Waals surface area (Å²) in [5, 5.41) is 3.62. The number of methoxy groups -OCH3 is 2. The second-order valence-corrected chi connectivity index (χ2v) is 5.57. The molecular weight excluding hydrogens is 262 g/mol. The van der Waals surface area contributed by atoms with Crippen LogP contribution in [0.25, 0.3) is 0 Å². The average Bonchev–Trinajstić information content (AvgIpc) is 2.52. The zero-order chi connectivity index (χ0) is 15.7. The summed E-state index contributed by atoms with van der Waals surface area (Å²) in [7, 11) is 3.36. The maximum Gasteiger partial charge on any atom is 0.160 e. The number of hydrogen-bond acceptors (Lipinski definition) is 3. The molecule has 1 rings (SSSR count). The highest BCUT2D eigenvalue weighted by atomic mass is 16.5. The highest BCUT2D eigenvalue weighted by Crippen LogP contribution is 2.28. The fraction of sp³-hybridized carbons (Fsp3) is 0.667. The molecule has 1 unspecified atom stereocenters. The molecule has 0 aliphatic heterocycles. The Labute approximate surface area is 130 Å². The van der Waals surface area contributed by atoms with Gasteiger partial charge in [0.05, 0.1) is 14.2 Å². The van der Waals surface area contributed by atoms with E-state index in [2.05, 4.69) is 38.2 Å². The molecule has 1 aromatic rings. The molecule has 1 atom stereocenters. The fourth-order valence-electron chi connectivity index (χ4n) is 2.84. The Morgan fingerprint density at radius 2 is 1.67 bits per heavy atom. The van der Waals surface area contributed by atoms with E-state index in [-0.39, 0.29) is 0 Å². The van der Waals surface area contributed by atoms with Crippen LogP contribution in [0.2, 0.25) is 0 Å². The van der Waals surface area contributed by atoms with Crippen LogP contribution < -0.4 is 14.8 Å². The van der Waals surface area contributed by atoms with Crippen LogP contribution in [0.15, 0.2) is 18.2 Å². The molecule has 120 valence electrons. The van der Waals surface area contributed by atoms with E-state index in [1.165, 1.54) is 24.8 Å². The van der Waals surface area contributed by atoms with Gasteiger partial charge in [-0.05, 0) is 43.0 Å². The lowest BCUT2D eigenvalue weighted by atomic mass is 9.91. The molecule has 3 nitrogen and oxygen atoms in total. The van der Waals surface area contributed by atoms with Gasteiger partial charge in [0.25, 0.3) is 0 Å². The minimum absolute atomic E-state index is 0.526. The van der Waals surface area contributed by atoms with Crippen LogP contribution in [0.3, 0.4) is 0 Å². The van der Waals surface area contributed by atoms with Crippen molar-refractivity contribution < 1.29 is 9.47 Å². The van der Waals surface area contributed by atoms with E-state index in [1.807, 2.05) is 6.07 Å². The summed E-state index contributed by atoms with van der Waals surface area (Å²) in [5.41, 5.74) is 1.30. The van der Waals surface area contributed by atoms with Gasteiger partial charge in [-0.3, -0.25) is 0 Å². The molecule has 3 heteroatoms. The fourth-order valence-corrected chi connectivity index (χ4v) is 2.84. The van der Waals surface area contributed by atoms with Crippen molar-refractivity contribution in [1.82, 2.24) is 5.32 Å². The average molecular weight is 293 g/mol. The SMILES string of the molecule is CCNC(Cc1ccc(OC)c(OC)c1)CC(CC)CC. The van der Waals surface area contributed by atoms with Crippen LogP contribution >= 0.6 is 0 Å². The molecule has 0 amide bonds. The minimum Gasteiger partial charge on any atom is -0.493 e. The maximum absolute atomic E-state index is 5.40. The maximum atomic E-state index is 5.40. The monoisotopic (exact) mass is 293 g/mol. The zero-order valence-electron chi connectivity index (χ0n) is 14.2. The van der Waals surface area contributed by atoms with E-state index in [0.717, 1.165) is 30.4 Å². The molecule has 0 fully saturated rings. The molecule has 0 saturated heterocycles. The van der Waals surface area contributed by atoms with Crippen molar-refractivity contribution in [3.8, 4) is 11.5 Å². The Morgan fingerprint density at radius 3 is 2.19 bits per heavy atom. The van der Waals surface area contributed by atoms with Gasteiger partial charge in [-0.2, -0.15) is 0 Å². The van der Waals surface area contributed by atoms with Gasteiger partial charge in [0.1, 0.15) is 0 Å². The van der Waals surface area contributed by atoms with E-state index in [4.69, 9.17) is 9.47 Å². The number of ether oxygens (including phenoxy) is 2. The zero-order valence-corrected chi connectivity index (χ0v) is 14.2. The smallest absolute Gasteiger partial charge is 0.160 e. The lowest BCUT2D eigenvalue weighted by Crippen LogP contribution is -2.33. The van der Waals surface area contributed by atoms with Crippen molar-refractivity contribution in [3.05, 3.63) is 23.8 Å². The molecule has 0 aliphatic carbocycles. The Bertz CT molecular complexity index is 402. The van der Waals surface area contributed by atoms with Crippen molar-refractivity contribution in [2.75, 3.05) is 20.8 Å². The van der Waals surface area contributed by atoms with E-state index in [9.17, 15) is 0 Å². The van der Waals surface area contributed by atoms with Gasteiger partial charge in [0, 0.05) is 6.04 Å². The quantitative estimate of drug-likeness (QED) is 0.706. The molecule has 0 saturated carbocycles. The number of benzene rings is 1. The van der Waals surface area contributed by atoms with Gasteiger partial charge in [0.15, 0.2) is 11.5 Å². The van der Waals surface area contributed by atoms with Gasteiger partial charge in [-0.1, -0.05) is 39.7 Å². The summed E-state index contributed by atoms with van der Waals surface area (Å²) in [5.74, 6) is 2.41. The van der Waals surface area contributed by atoms with Gasteiger partial charge in [-0.25, -0.2) is 0 Å². The number of rotatable bonds is 10. The Hall–Kier alpha value is -1.22. The predicted octanol–water partition coefficient (Wildman–Crippen LogP) is 4.05. The minimum atomic E-state index is 0.526. The first-order valence-corrected chi connectivity index (χ1v) is 8.12. The van der Waals surface area contributed by atoms with Gasteiger partial charge >= 0.3 is 0 Å². The Morgan fingerprint density at radius 1 is 1.00 bits per heavy atom. The summed E-state index contributed by atoms with van der Waals surface area (Å²) in [6, 6.07) is 6.75. The summed E-state index contributed by atoms with van der Waals surface area (Å²) < 4.78 is 10.7. The molecule has 0 aliphatic rings. The van der Waals surface area contributed by atoms with E-state index in [0.29, 0.717) is 6.04 Å². The molecule has 0 spiro atoms. The molecule has 1 N–H and O–H groups in total. The predicted molar refractivity (Wildman–Crippen MR) is 89.4 cm³/mol. The topological polar surface area (TPSA) is 30.5 Å².